The molecule has 14 heteroatoms. The normalized spacial score (nSPS) is 22.6. The standard InChI is InChI=1S/C31H37N5O8S/c1-2-22-18-31(22,29(40)35-45(42,43)23-11-12-23)34-28(39)25-8-6-15-36(25)26(37)19-33-30(41)44-16-5-3-4-7-20-9-10-21-13-14-32-27(38)24(21)17-20/h2,4,7,9-10,13-14,17,22-23,25H,1,3,5-6,8,11-12,15-16,18-19H2,(H,32,38)(H,33,41)(H,34,39)(H,35,40)/b7-4+/t22-,25+,31-/m1/s1. The van der Waals surface area contributed by atoms with Crippen LogP contribution in [0.4, 0.5) is 4.79 Å². The fourth-order valence-corrected chi connectivity index (χ4v) is 6.91. The highest BCUT2D eigenvalue weighted by Crippen LogP contribution is 2.45. The van der Waals surface area contributed by atoms with E-state index in [1.54, 1.807) is 6.20 Å². The zero-order chi connectivity index (χ0) is 32.2. The van der Waals surface area contributed by atoms with Gasteiger partial charge in [0.05, 0.1) is 11.9 Å². The van der Waals surface area contributed by atoms with Crippen molar-refractivity contribution in [3.05, 3.63) is 65.1 Å². The van der Waals surface area contributed by atoms with Crippen LogP contribution in [-0.4, -0.2) is 78.6 Å². The van der Waals surface area contributed by atoms with Crippen molar-refractivity contribution in [3.63, 3.8) is 0 Å². The van der Waals surface area contributed by atoms with Crippen molar-refractivity contribution in [2.75, 3.05) is 19.7 Å². The Kier molecular flexibility index (Phi) is 9.42. The Bertz CT molecular complexity index is 1700. The van der Waals surface area contributed by atoms with Gasteiger partial charge in [-0.1, -0.05) is 30.4 Å². The minimum Gasteiger partial charge on any atom is -0.450 e. The van der Waals surface area contributed by atoms with E-state index in [9.17, 15) is 32.4 Å². The molecule has 1 saturated heterocycles. The largest absolute Gasteiger partial charge is 0.450 e. The SMILES string of the molecule is C=C[C@@H]1C[C@]1(NC(=O)[C@@H]1CCCN1C(=O)CNC(=O)OCCC/C=C/c1ccc2cc[nH]c(=O)c2c1)C(=O)NS(=O)(=O)C1CC1. The summed E-state index contributed by atoms with van der Waals surface area (Å²) in [6, 6.07) is 6.57. The number of aromatic nitrogens is 1. The van der Waals surface area contributed by atoms with Gasteiger partial charge in [0, 0.05) is 24.0 Å². The first-order valence-electron chi connectivity index (χ1n) is 15.0. The second-order valence-electron chi connectivity index (χ2n) is 11.6. The first kappa shape index (κ1) is 31.9. The Balaban J connectivity index is 1.04. The number of hydrogen-bond acceptors (Lipinski definition) is 8. The van der Waals surface area contributed by atoms with Gasteiger partial charge in [-0.3, -0.25) is 23.9 Å². The number of pyridine rings is 1. The number of benzene rings is 1. The van der Waals surface area contributed by atoms with E-state index in [1.807, 2.05) is 36.4 Å². The zero-order valence-electron chi connectivity index (χ0n) is 24.8. The number of aromatic amines is 1. The molecule has 3 fully saturated rings. The zero-order valence-corrected chi connectivity index (χ0v) is 25.6. The number of unbranched alkanes of at least 4 members (excludes halogenated alkanes) is 1. The van der Waals surface area contributed by atoms with E-state index in [-0.39, 0.29) is 25.1 Å². The highest BCUT2D eigenvalue weighted by molar-refractivity contribution is 7.91. The molecule has 2 saturated carbocycles. The van der Waals surface area contributed by atoms with Gasteiger partial charge in [-0.25, -0.2) is 13.2 Å². The Morgan fingerprint density at radius 1 is 1.16 bits per heavy atom. The molecule has 2 aliphatic carbocycles. The number of nitrogens with zero attached hydrogens (tertiary/aromatic N) is 1. The monoisotopic (exact) mass is 639 g/mol. The number of carbonyl (C=O) groups excluding carboxylic acids is 4. The van der Waals surface area contributed by atoms with Crippen LogP contribution in [0.2, 0.25) is 0 Å². The minimum atomic E-state index is -3.80. The van der Waals surface area contributed by atoms with Crippen LogP contribution in [0.1, 0.15) is 50.5 Å². The summed E-state index contributed by atoms with van der Waals surface area (Å²) in [5.41, 5.74) is -0.701. The van der Waals surface area contributed by atoms with Gasteiger partial charge in [-0.15, -0.1) is 6.58 Å². The van der Waals surface area contributed by atoms with Crippen LogP contribution in [0.3, 0.4) is 0 Å². The van der Waals surface area contributed by atoms with Crippen molar-refractivity contribution < 1.29 is 32.3 Å². The summed E-state index contributed by atoms with van der Waals surface area (Å²) in [5.74, 6) is -2.27. The molecular formula is C31H37N5O8S. The third-order valence-corrected chi connectivity index (χ3v) is 10.2. The molecule has 0 radical (unpaired) electrons. The van der Waals surface area contributed by atoms with Gasteiger partial charge in [0.25, 0.3) is 11.5 Å². The molecule has 2 heterocycles. The molecule has 13 nitrogen and oxygen atoms in total. The van der Waals surface area contributed by atoms with Crippen molar-refractivity contribution >= 4 is 50.7 Å². The number of H-pyrrole nitrogens is 1. The van der Waals surface area contributed by atoms with E-state index in [0.29, 0.717) is 50.5 Å². The summed E-state index contributed by atoms with van der Waals surface area (Å²) < 4.78 is 31.9. The lowest BCUT2D eigenvalue weighted by Gasteiger charge is -2.27. The number of nitrogens with one attached hydrogen (secondary N) is 4. The number of allylic oxidation sites excluding steroid dienone is 1. The molecule has 4 amide bonds. The first-order chi connectivity index (χ1) is 21.5. The molecule has 4 N–H and O–H groups in total. The Labute approximate surface area is 260 Å². The van der Waals surface area contributed by atoms with Crippen molar-refractivity contribution in [1.29, 1.82) is 0 Å². The summed E-state index contributed by atoms with van der Waals surface area (Å²) in [6.45, 7) is 3.74. The lowest BCUT2D eigenvalue weighted by Crippen LogP contribution is -2.57. The lowest BCUT2D eigenvalue weighted by atomic mass is 10.1. The average Bonchev–Trinajstić information content (AvgIpc) is 3.94. The fourth-order valence-electron chi connectivity index (χ4n) is 5.55. The molecule has 45 heavy (non-hydrogen) atoms. The number of hydrogen-bond donors (Lipinski definition) is 4. The van der Waals surface area contributed by atoms with E-state index in [4.69, 9.17) is 4.74 Å². The number of ether oxygens (including phenoxy) is 1. The van der Waals surface area contributed by atoms with Crippen LogP contribution in [0, 0.1) is 5.92 Å². The van der Waals surface area contributed by atoms with Gasteiger partial charge < -0.3 is 25.3 Å². The molecule has 1 aromatic heterocycles. The van der Waals surface area contributed by atoms with Gasteiger partial charge in [-0.05, 0) is 68.0 Å². The number of likely N-dealkylation sites (tertiary alicyclic amines) is 1. The number of carbonyl (C=O) groups is 4. The second kappa shape index (κ2) is 13.3. The molecule has 1 aliphatic heterocycles. The molecule has 0 spiro atoms. The molecule has 0 unspecified atom stereocenters. The highest BCUT2D eigenvalue weighted by Gasteiger charge is 2.61. The Morgan fingerprint density at radius 3 is 2.69 bits per heavy atom. The molecule has 3 atom stereocenters. The third kappa shape index (κ3) is 7.44. The quantitative estimate of drug-likeness (QED) is 0.189. The van der Waals surface area contributed by atoms with Crippen LogP contribution in [-0.2, 0) is 29.1 Å². The van der Waals surface area contributed by atoms with E-state index in [0.717, 1.165) is 10.9 Å². The van der Waals surface area contributed by atoms with E-state index >= 15 is 0 Å². The predicted octanol–water partition coefficient (Wildman–Crippen LogP) is 1.71. The number of rotatable bonds is 13. The van der Waals surface area contributed by atoms with Crippen molar-refractivity contribution in [3.8, 4) is 0 Å². The maximum Gasteiger partial charge on any atom is 0.407 e. The second-order valence-corrected chi connectivity index (χ2v) is 13.6. The molecule has 1 aromatic carbocycles. The van der Waals surface area contributed by atoms with Gasteiger partial charge >= 0.3 is 6.09 Å². The van der Waals surface area contributed by atoms with Crippen LogP contribution >= 0.6 is 0 Å². The number of sulfonamides is 1. The highest BCUT2D eigenvalue weighted by atomic mass is 32.2. The Morgan fingerprint density at radius 2 is 1.96 bits per heavy atom. The van der Waals surface area contributed by atoms with Gasteiger partial charge in [0.2, 0.25) is 21.8 Å². The topological polar surface area (TPSA) is 184 Å². The van der Waals surface area contributed by atoms with E-state index in [2.05, 4.69) is 26.9 Å². The minimum absolute atomic E-state index is 0.127. The maximum atomic E-state index is 13.2. The molecule has 240 valence electrons. The Hall–Kier alpha value is -4.46. The summed E-state index contributed by atoms with van der Waals surface area (Å²) >= 11 is 0. The van der Waals surface area contributed by atoms with Gasteiger partial charge in [0.1, 0.15) is 18.1 Å². The van der Waals surface area contributed by atoms with Crippen molar-refractivity contribution in [2.24, 2.45) is 5.92 Å². The number of alkyl carbamates (subject to hydrolysis) is 1. The maximum absolute atomic E-state index is 13.2. The smallest absolute Gasteiger partial charge is 0.407 e. The molecular weight excluding hydrogens is 602 g/mol. The summed E-state index contributed by atoms with van der Waals surface area (Å²) in [6.07, 6.45) is 9.42. The van der Waals surface area contributed by atoms with Crippen molar-refractivity contribution in [1.82, 2.24) is 25.2 Å². The first-order valence-corrected chi connectivity index (χ1v) is 16.6. The molecule has 5 rings (SSSR count). The van der Waals surface area contributed by atoms with E-state index in [1.165, 1.54) is 11.0 Å². The lowest BCUT2D eigenvalue weighted by molar-refractivity contribution is -0.139. The van der Waals surface area contributed by atoms with Crippen LogP contribution in [0.15, 0.2) is 54.0 Å². The van der Waals surface area contributed by atoms with Gasteiger partial charge in [0.15, 0.2) is 0 Å². The predicted molar refractivity (Wildman–Crippen MR) is 166 cm³/mol. The van der Waals surface area contributed by atoms with Crippen LogP contribution < -0.4 is 20.9 Å². The average molecular weight is 640 g/mol. The molecule has 0 bridgehead atoms. The summed E-state index contributed by atoms with van der Waals surface area (Å²) in [4.78, 5) is 67.2. The van der Waals surface area contributed by atoms with E-state index < -0.39 is 56.6 Å². The van der Waals surface area contributed by atoms with Crippen LogP contribution in [0.25, 0.3) is 16.8 Å². The van der Waals surface area contributed by atoms with Crippen molar-refractivity contribution in [2.45, 2.75) is 61.8 Å². The number of amides is 4. The van der Waals surface area contributed by atoms with Gasteiger partial charge in [-0.2, -0.15) is 0 Å². The molecule has 2 aromatic rings. The van der Waals surface area contributed by atoms with Crippen LogP contribution in [0.5, 0.6) is 0 Å². The fraction of sp³-hybridized carbons (Fsp3) is 0.452. The molecule has 3 aliphatic rings. The summed E-state index contributed by atoms with van der Waals surface area (Å²) in [5, 5.41) is 5.98. The number of fused-ring (bicyclic) bond motifs is 1. The third-order valence-electron chi connectivity index (χ3n) is 8.37. The summed E-state index contributed by atoms with van der Waals surface area (Å²) in [7, 11) is -3.80.